The fourth-order valence-electron chi connectivity index (χ4n) is 1.18. The van der Waals surface area contributed by atoms with Gasteiger partial charge >= 0.3 is 0 Å². The molecule has 0 bridgehead atoms. The summed E-state index contributed by atoms with van der Waals surface area (Å²) in [7, 11) is 4.07. The van der Waals surface area contributed by atoms with Crippen LogP contribution in [0.15, 0.2) is 0 Å². The van der Waals surface area contributed by atoms with Crippen LogP contribution in [0.4, 0.5) is 0 Å². The van der Waals surface area contributed by atoms with Crippen molar-refractivity contribution < 1.29 is 9.84 Å². The number of aliphatic hydroxyl groups is 1. The molecule has 0 spiro atoms. The molecule has 0 aromatic heterocycles. The van der Waals surface area contributed by atoms with Crippen molar-refractivity contribution in [1.29, 1.82) is 0 Å². The van der Waals surface area contributed by atoms with E-state index in [2.05, 4.69) is 24.1 Å². The maximum atomic E-state index is 9.21. The Bertz CT molecular complexity index is 159. The Morgan fingerprint density at radius 2 is 2.00 bits per heavy atom. The molecular formula is C12H28N2O2. The van der Waals surface area contributed by atoms with Crippen LogP contribution in [0, 0.1) is 5.41 Å². The molecule has 0 heterocycles. The Hall–Kier alpha value is -0.160. The molecule has 16 heavy (non-hydrogen) atoms. The van der Waals surface area contributed by atoms with Crippen molar-refractivity contribution in [3.05, 3.63) is 0 Å². The van der Waals surface area contributed by atoms with Crippen LogP contribution in [0.2, 0.25) is 0 Å². The van der Waals surface area contributed by atoms with Gasteiger partial charge < -0.3 is 20.1 Å². The molecule has 0 aliphatic heterocycles. The van der Waals surface area contributed by atoms with Gasteiger partial charge in [-0.2, -0.15) is 0 Å². The lowest BCUT2D eigenvalue weighted by atomic mass is 9.89. The van der Waals surface area contributed by atoms with Crippen molar-refractivity contribution in [2.75, 3.05) is 53.6 Å². The van der Waals surface area contributed by atoms with Gasteiger partial charge in [-0.3, -0.25) is 0 Å². The molecule has 0 saturated heterocycles. The first kappa shape index (κ1) is 15.8. The summed E-state index contributed by atoms with van der Waals surface area (Å²) in [5.41, 5.74) is 0.00361. The van der Waals surface area contributed by atoms with E-state index >= 15 is 0 Å². The molecule has 0 amide bonds. The van der Waals surface area contributed by atoms with E-state index in [0.29, 0.717) is 0 Å². The Labute approximate surface area is 100.0 Å². The van der Waals surface area contributed by atoms with Crippen molar-refractivity contribution in [1.82, 2.24) is 10.2 Å². The topological polar surface area (TPSA) is 44.7 Å². The summed E-state index contributed by atoms with van der Waals surface area (Å²) < 4.78 is 5.46. The Kier molecular flexibility index (Phi) is 8.84. The van der Waals surface area contributed by atoms with Crippen molar-refractivity contribution in [3.8, 4) is 0 Å². The second-order valence-electron chi connectivity index (χ2n) is 4.91. The molecule has 0 fully saturated rings. The summed E-state index contributed by atoms with van der Waals surface area (Å²) in [5.74, 6) is 0. The van der Waals surface area contributed by atoms with Gasteiger partial charge in [0.2, 0.25) is 0 Å². The molecule has 98 valence electrons. The van der Waals surface area contributed by atoms with Gasteiger partial charge in [-0.05, 0) is 20.5 Å². The number of hydrogen-bond acceptors (Lipinski definition) is 4. The van der Waals surface area contributed by atoms with Crippen LogP contribution in [0.25, 0.3) is 0 Å². The molecule has 1 atom stereocenters. The summed E-state index contributed by atoms with van der Waals surface area (Å²) in [6.45, 7) is 8.60. The van der Waals surface area contributed by atoms with Gasteiger partial charge in [-0.1, -0.05) is 13.8 Å². The minimum absolute atomic E-state index is 0.00361. The van der Waals surface area contributed by atoms with Gasteiger partial charge in [0.05, 0.1) is 13.2 Å². The SMILES string of the molecule is CCC(C)(CO)CNCCOCCN(C)C. The molecule has 0 radical (unpaired) electrons. The average Bonchev–Trinajstić information content (AvgIpc) is 2.27. The smallest absolute Gasteiger partial charge is 0.0593 e. The zero-order valence-corrected chi connectivity index (χ0v) is 11.3. The van der Waals surface area contributed by atoms with Crippen molar-refractivity contribution in [3.63, 3.8) is 0 Å². The lowest BCUT2D eigenvalue weighted by Crippen LogP contribution is -2.36. The molecule has 0 aromatic rings. The second-order valence-corrected chi connectivity index (χ2v) is 4.91. The number of nitrogens with zero attached hydrogens (tertiary/aromatic N) is 1. The maximum absolute atomic E-state index is 9.21. The van der Waals surface area contributed by atoms with Crippen LogP contribution in [0.3, 0.4) is 0 Å². The maximum Gasteiger partial charge on any atom is 0.0593 e. The molecule has 0 aliphatic rings. The second kappa shape index (κ2) is 8.93. The zero-order valence-electron chi connectivity index (χ0n) is 11.3. The van der Waals surface area contributed by atoms with Gasteiger partial charge in [0.15, 0.2) is 0 Å². The highest BCUT2D eigenvalue weighted by Crippen LogP contribution is 2.17. The van der Waals surface area contributed by atoms with Crippen LogP contribution in [0.5, 0.6) is 0 Å². The third kappa shape index (κ3) is 8.05. The molecule has 0 aliphatic carbocycles. The van der Waals surface area contributed by atoms with E-state index in [1.807, 2.05) is 14.1 Å². The standard InChI is InChI=1S/C12H28N2O2/c1-5-12(2,11-15)10-13-6-8-16-9-7-14(3)4/h13,15H,5-11H2,1-4H3. The zero-order chi connectivity index (χ0) is 12.4. The van der Waals surface area contributed by atoms with E-state index in [9.17, 15) is 5.11 Å². The third-order valence-electron chi connectivity index (χ3n) is 2.89. The van der Waals surface area contributed by atoms with Crippen molar-refractivity contribution in [2.45, 2.75) is 20.3 Å². The van der Waals surface area contributed by atoms with E-state index < -0.39 is 0 Å². The fraction of sp³-hybridized carbons (Fsp3) is 1.00. The highest BCUT2D eigenvalue weighted by Gasteiger charge is 2.19. The molecular weight excluding hydrogens is 204 g/mol. The number of aliphatic hydroxyl groups excluding tert-OH is 1. The first-order chi connectivity index (χ1) is 7.54. The molecule has 2 N–H and O–H groups in total. The van der Waals surface area contributed by atoms with Gasteiger partial charge in [0, 0.05) is 31.7 Å². The van der Waals surface area contributed by atoms with Gasteiger partial charge in [-0.15, -0.1) is 0 Å². The number of ether oxygens (including phenoxy) is 1. The Balaban J connectivity index is 3.33. The molecule has 4 heteroatoms. The molecule has 0 saturated carbocycles. The summed E-state index contributed by atoms with van der Waals surface area (Å²) in [6, 6.07) is 0. The van der Waals surface area contributed by atoms with E-state index in [1.54, 1.807) is 0 Å². The Morgan fingerprint density at radius 1 is 1.31 bits per heavy atom. The number of hydrogen-bond donors (Lipinski definition) is 2. The van der Waals surface area contributed by atoms with E-state index in [1.165, 1.54) is 0 Å². The lowest BCUT2D eigenvalue weighted by molar-refractivity contribution is 0.107. The van der Waals surface area contributed by atoms with Crippen molar-refractivity contribution in [2.24, 2.45) is 5.41 Å². The molecule has 1 unspecified atom stereocenters. The quantitative estimate of drug-likeness (QED) is 0.540. The van der Waals surface area contributed by atoms with Gasteiger partial charge in [-0.25, -0.2) is 0 Å². The van der Waals surface area contributed by atoms with Crippen LogP contribution in [0.1, 0.15) is 20.3 Å². The first-order valence-corrected chi connectivity index (χ1v) is 6.08. The predicted molar refractivity (Wildman–Crippen MR) is 67.7 cm³/mol. The van der Waals surface area contributed by atoms with Crippen molar-refractivity contribution >= 4 is 0 Å². The highest BCUT2D eigenvalue weighted by atomic mass is 16.5. The largest absolute Gasteiger partial charge is 0.396 e. The van der Waals surface area contributed by atoms with Gasteiger partial charge in [0.25, 0.3) is 0 Å². The number of rotatable bonds is 10. The lowest BCUT2D eigenvalue weighted by Gasteiger charge is -2.25. The third-order valence-corrected chi connectivity index (χ3v) is 2.89. The van der Waals surface area contributed by atoms with Crippen LogP contribution in [-0.4, -0.2) is 63.6 Å². The predicted octanol–water partition coefficient (Wildman–Crippen LogP) is 0.563. The minimum Gasteiger partial charge on any atom is -0.396 e. The van der Waals surface area contributed by atoms with E-state index in [0.717, 1.165) is 39.3 Å². The highest BCUT2D eigenvalue weighted by molar-refractivity contribution is 4.73. The number of nitrogens with one attached hydrogen (secondary N) is 1. The average molecular weight is 232 g/mol. The van der Waals surface area contributed by atoms with E-state index in [-0.39, 0.29) is 12.0 Å². The monoisotopic (exact) mass is 232 g/mol. The van der Waals surface area contributed by atoms with Crippen LogP contribution < -0.4 is 5.32 Å². The normalized spacial score (nSPS) is 15.4. The molecule has 0 aromatic carbocycles. The summed E-state index contributed by atoms with van der Waals surface area (Å²) in [4.78, 5) is 2.10. The molecule has 0 rings (SSSR count). The fourth-order valence-corrected chi connectivity index (χ4v) is 1.18. The van der Waals surface area contributed by atoms with E-state index in [4.69, 9.17) is 4.74 Å². The summed E-state index contributed by atoms with van der Waals surface area (Å²) in [6.07, 6.45) is 0.984. The summed E-state index contributed by atoms with van der Waals surface area (Å²) in [5, 5.41) is 12.5. The Morgan fingerprint density at radius 3 is 2.50 bits per heavy atom. The summed E-state index contributed by atoms with van der Waals surface area (Å²) >= 11 is 0. The molecule has 4 nitrogen and oxygen atoms in total. The van der Waals surface area contributed by atoms with Crippen LogP contribution in [-0.2, 0) is 4.74 Å². The minimum atomic E-state index is 0.00361. The van der Waals surface area contributed by atoms with Gasteiger partial charge in [0.1, 0.15) is 0 Å². The van der Waals surface area contributed by atoms with Crippen LogP contribution >= 0.6 is 0 Å². The number of likely N-dealkylation sites (N-methyl/N-ethyl adjacent to an activating group) is 1. The first-order valence-electron chi connectivity index (χ1n) is 6.08.